The molecule has 0 radical (unpaired) electrons. The summed E-state index contributed by atoms with van der Waals surface area (Å²) in [5, 5.41) is 16.5. The average molecular weight is 1960 g/mol. The highest BCUT2D eigenvalue weighted by molar-refractivity contribution is 7.15. The number of benzene rings is 9. The van der Waals surface area contributed by atoms with Crippen LogP contribution in [0.1, 0.15) is 102 Å². The summed E-state index contributed by atoms with van der Waals surface area (Å²) in [5.41, 5.74) is 48.7. The van der Waals surface area contributed by atoms with Crippen LogP contribution in [0.25, 0.3) is 78.5 Å². The summed E-state index contributed by atoms with van der Waals surface area (Å²) < 4.78 is 29.6. The lowest BCUT2D eigenvalue weighted by molar-refractivity contribution is 0.0862. The Kier molecular flexibility index (Phi) is 34.4. The Morgan fingerprint density at radius 1 is 0.399 bits per heavy atom. The average Bonchev–Trinajstić information content (AvgIpc) is 1.59. The molecule has 0 bridgehead atoms. The Labute approximate surface area is 840 Å². The van der Waals surface area contributed by atoms with E-state index in [1.54, 1.807) is 117 Å². The number of anilines is 1. The van der Waals surface area contributed by atoms with E-state index in [-0.39, 0.29) is 58.8 Å². The molecular formula is C108H102F2N26O4S3. The largest absolute Gasteiger partial charge is 0.369 e. The number of H-pyrrole nitrogens is 1. The summed E-state index contributed by atoms with van der Waals surface area (Å²) >= 11 is 4.85. The third-order valence-corrected chi connectivity index (χ3v) is 26.2. The molecule has 15 aromatic rings. The highest BCUT2D eigenvalue weighted by Gasteiger charge is 2.40. The summed E-state index contributed by atoms with van der Waals surface area (Å²) in [6.07, 6.45) is 6.92. The molecule has 143 heavy (non-hydrogen) atoms. The van der Waals surface area contributed by atoms with Crippen molar-refractivity contribution in [2.75, 3.05) is 47.3 Å². The zero-order valence-electron chi connectivity index (χ0n) is 80.7. The van der Waals surface area contributed by atoms with E-state index in [2.05, 4.69) is 128 Å². The van der Waals surface area contributed by atoms with Gasteiger partial charge in [-0.2, -0.15) is 10.2 Å². The Bertz CT molecular complexity index is 7450. The molecule has 0 fully saturated rings. The van der Waals surface area contributed by atoms with Crippen LogP contribution in [0, 0.1) is 72.2 Å². The van der Waals surface area contributed by atoms with Crippen molar-refractivity contribution in [1.82, 2.24) is 49.2 Å². The van der Waals surface area contributed by atoms with Crippen LogP contribution in [0.4, 0.5) is 42.9 Å². The maximum absolute atomic E-state index is 13.1. The first-order valence-electron chi connectivity index (χ1n) is 44.2. The van der Waals surface area contributed by atoms with Gasteiger partial charge in [0.1, 0.15) is 17.2 Å². The fourth-order valence-electron chi connectivity index (χ4n) is 14.8. The Balaban J connectivity index is 0.000000145. The van der Waals surface area contributed by atoms with Crippen molar-refractivity contribution in [3.05, 3.63) is 412 Å². The van der Waals surface area contributed by atoms with E-state index >= 15 is 0 Å². The number of rotatable bonds is 6. The predicted molar refractivity (Wildman–Crippen MR) is 567 cm³/mol. The summed E-state index contributed by atoms with van der Waals surface area (Å²) in [6.45, 7) is 46.9. The number of fused-ring (bicyclic) bond motifs is 5. The Morgan fingerprint density at radius 3 is 1.34 bits per heavy atom. The fourth-order valence-corrected chi connectivity index (χ4v) is 17.6. The van der Waals surface area contributed by atoms with Crippen molar-refractivity contribution >= 4 is 122 Å². The van der Waals surface area contributed by atoms with E-state index in [9.17, 15) is 28.0 Å². The third kappa shape index (κ3) is 25.7. The summed E-state index contributed by atoms with van der Waals surface area (Å²) in [4.78, 5) is 96.7. The van der Waals surface area contributed by atoms with E-state index in [0.717, 1.165) is 64.8 Å². The van der Waals surface area contributed by atoms with Gasteiger partial charge in [0, 0.05) is 110 Å². The second-order valence-electron chi connectivity index (χ2n) is 33.0. The van der Waals surface area contributed by atoms with Gasteiger partial charge >= 0.3 is 0 Å². The molecule has 4 amide bonds. The van der Waals surface area contributed by atoms with Gasteiger partial charge in [-0.25, -0.2) is 58.0 Å². The number of aromatic nitrogens is 5. The number of guanidine groups is 5. The number of hydrogen-bond acceptors (Lipinski definition) is 21. The fraction of sp³-hybridized carbons (Fsp3) is 0.167. The first-order valence-corrected chi connectivity index (χ1v) is 46.7. The molecule has 1 atom stereocenters. The van der Waals surface area contributed by atoms with Crippen LogP contribution < -0.4 is 33.7 Å². The van der Waals surface area contributed by atoms with Crippen molar-refractivity contribution in [2.45, 2.75) is 66.3 Å². The molecule has 5 aliphatic heterocycles. The highest BCUT2D eigenvalue weighted by Crippen LogP contribution is 2.44. The minimum absolute atomic E-state index is 0.0820. The number of carbonyl (C=O) groups excluding carboxylic acids is 4. The predicted octanol–water partition coefficient (Wildman–Crippen LogP) is 21.2. The number of aryl methyl sites for hydroxylation is 6. The van der Waals surface area contributed by atoms with E-state index < -0.39 is 17.2 Å². The molecule has 0 aliphatic carbocycles. The number of aromatic amines is 1. The van der Waals surface area contributed by atoms with Crippen molar-refractivity contribution < 1.29 is 28.0 Å². The van der Waals surface area contributed by atoms with Crippen LogP contribution in [-0.4, -0.2) is 145 Å². The quantitative estimate of drug-likeness (QED) is 0.0844. The first kappa shape index (κ1) is 104. The van der Waals surface area contributed by atoms with Crippen LogP contribution in [0.2, 0.25) is 0 Å². The number of nitrogens with one attached hydrogen (secondary N) is 1. The number of halogens is 2. The second-order valence-corrected chi connectivity index (χ2v) is 36.5. The highest BCUT2D eigenvalue weighted by atomic mass is 32.1. The molecule has 6 aromatic heterocycles. The van der Waals surface area contributed by atoms with Crippen molar-refractivity contribution in [3.8, 4) is 54.3 Å². The molecule has 1 unspecified atom stereocenters. The molecular weight excluding hydrogens is 1860 g/mol. The van der Waals surface area contributed by atoms with E-state index in [1.165, 1.54) is 75.5 Å². The van der Waals surface area contributed by atoms with Gasteiger partial charge in [-0.15, -0.1) is 34.0 Å². The van der Waals surface area contributed by atoms with Gasteiger partial charge in [0.25, 0.3) is 23.6 Å². The van der Waals surface area contributed by atoms with Crippen molar-refractivity contribution in [2.24, 2.45) is 67.7 Å². The number of para-hydroxylation sites is 1. The van der Waals surface area contributed by atoms with E-state index in [0.29, 0.717) is 82.8 Å². The van der Waals surface area contributed by atoms with Crippen molar-refractivity contribution in [1.29, 1.82) is 0 Å². The number of hydrogen-bond donors (Lipinski definition) is 6. The summed E-state index contributed by atoms with van der Waals surface area (Å²) in [5.74, 6) is -0.0451. The number of carbonyl (C=O) groups is 4. The van der Waals surface area contributed by atoms with Crippen LogP contribution in [0.5, 0.6) is 0 Å². The maximum atomic E-state index is 13.1. The number of hydrazine groups is 1. The van der Waals surface area contributed by atoms with E-state index in [1.807, 2.05) is 208 Å². The molecule has 9 aromatic carbocycles. The molecule has 0 saturated carbocycles. The van der Waals surface area contributed by atoms with Crippen molar-refractivity contribution in [3.63, 3.8) is 0 Å². The summed E-state index contributed by atoms with van der Waals surface area (Å²) in [7, 11) is 14.0. The van der Waals surface area contributed by atoms with Crippen LogP contribution in [0.15, 0.2) is 292 Å². The van der Waals surface area contributed by atoms with Gasteiger partial charge in [0.15, 0.2) is 40.9 Å². The van der Waals surface area contributed by atoms with Gasteiger partial charge in [0.05, 0.1) is 99.0 Å². The number of amides is 4. The van der Waals surface area contributed by atoms with Gasteiger partial charge in [0.2, 0.25) is 17.3 Å². The smallest absolute Gasteiger partial charge is 0.263 e. The SMILES string of the molecule is CN1C(=O)c2ccccc2CN=C1N.CN1C(=O)c2cn(C)nc2CN=C1N.CN1C(=O)c2cn[nH]c2CN=C1N.CN1C(N)=NCc2ccccc2N1C.[C-]#[N+]c1cc(-c2ccc(C)s2)ccc1F.[C-]#[N+]c1cc(-c2ccc(C)s2)ccc1F.[C-]#[N+]c1cccc(-c2cccc(C)c2)c1.[C-]#[N+]c1cccc(-c2cccc(C)c2)c1.[C-]#[N+]c1cccc(-c2csc(C3(C)N=C(N)N(C)C(=O)c4cn(C)cc43)c2)c1. The molecule has 0 saturated heterocycles. The second kappa shape index (κ2) is 47.3. The number of thiophene rings is 3. The van der Waals surface area contributed by atoms with Gasteiger partial charge < -0.3 is 33.2 Å². The molecule has 35 heteroatoms. The number of nitrogens with two attached hydrogens (primary N) is 5. The minimum Gasteiger partial charge on any atom is -0.369 e. The molecule has 5 aliphatic rings. The molecule has 11 N–H and O–H groups in total. The van der Waals surface area contributed by atoms with Gasteiger partial charge in [-0.1, -0.05) is 163 Å². The zero-order valence-corrected chi connectivity index (χ0v) is 83.1. The lowest BCUT2D eigenvalue weighted by Gasteiger charge is -2.29. The lowest BCUT2D eigenvalue weighted by Crippen LogP contribution is -2.44. The van der Waals surface area contributed by atoms with Crippen LogP contribution in [-0.2, 0) is 45.8 Å². The minimum atomic E-state index is -0.776. The Hall–Kier alpha value is -18.1. The molecule has 0 spiro atoms. The van der Waals surface area contributed by atoms with E-state index in [4.69, 9.17) is 66.5 Å². The van der Waals surface area contributed by atoms with Gasteiger partial charge in [-0.05, 0) is 181 Å². The standard InChI is InChI=1S/C21H19N5OS.2C14H11N.2C12H8FNS.C10H14N4.C10H11N3O.C8H11N5O.C7H9N5O/c1-21(17-11-25(3)10-16(17)19(27)26(4)20(22)24-21)18-9-14(12-28-18)13-6-5-7-15(8-13)23-2;2*1-11-5-3-6-12(9-11)13-7-4-8-14(10-13)15-2;2*1-8-3-6-12(15-8)9-4-5-10(13)11(7-9)14-2;1-13-9-6-4-3-5-8(9)7-12-10(11)14(13)2;1-13-9(14)8-5-3-2-4-7(8)6-12-10(13)11;1-12-4-5-6(11-12)3-10-8(9)13(2)7(5)14;1-12-6(13)4-2-10-11-5(4)3-9-7(12)8/h5-12H,1,3-4H3,(H2,22,24);2*3-10H,1H3;2*3-7H,1H3;3-6H,7H2,1-2H3,(H2,11,12);2-5H,6H2,1H3,(H2,11,12);4H,3H2,1-2H3,(H2,9,10);2H,3H2,1H3,(H2,8,9)(H,10,11). The Morgan fingerprint density at radius 2 is 0.839 bits per heavy atom. The lowest BCUT2D eigenvalue weighted by atomic mass is 9.89. The molecule has 11 heterocycles. The molecule has 30 nitrogen and oxygen atoms in total. The van der Waals surface area contributed by atoms with Gasteiger partial charge in [-0.3, -0.25) is 58.6 Å². The number of nitrogens with zero attached hydrogens (tertiary/aromatic N) is 20. The first-order chi connectivity index (χ1) is 68.5. The summed E-state index contributed by atoms with van der Waals surface area (Å²) in [6, 6.07) is 74.5. The van der Waals surface area contributed by atoms with Crippen LogP contribution >= 0.6 is 34.0 Å². The normalized spacial score (nSPS) is 14.0. The number of aliphatic imine (C=N–C) groups is 5. The zero-order chi connectivity index (χ0) is 103. The third-order valence-electron chi connectivity index (χ3n) is 22.9. The molecule has 20 rings (SSSR count). The topological polar surface area (TPSA) is 353 Å². The molecule has 720 valence electrons. The maximum Gasteiger partial charge on any atom is 0.263 e. The monoisotopic (exact) mass is 1960 g/mol. The van der Waals surface area contributed by atoms with Crippen LogP contribution in [0.3, 0.4) is 0 Å².